The lowest BCUT2D eigenvalue weighted by Gasteiger charge is -2.15. The molecule has 1 heterocycles. The third kappa shape index (κ3) is 3.95. The first kappa shape index (κ1) is 14.8. The molecule has 3 rings (SSSR count). The summed E-state index contributed by atoms with van der Waals surface area (Å²) in [5, 5.41) is 2.98. The molecule has 1 aliphatic rings. The molecular formula is C17H22N4O. The van der Waals surface area contributed by atoms with E-state index in [1.807, 2.05) is 35.0 Å². The Labute approximate surface area is 131 Å². The second-order valence-electron chi connectivity index (χ2n) is 5.90. The average Bonchev–Trinajstić information content (AvgIpc) is 3.26. The number of likely N-dealkylation sites (N-methyl/N-ethyl adjacent to an activating group) is 1. The lowest BCUT2D eigenvalue weighted by molar-refractivity contribution is 0.0949. The molecule has 0 saturated heterocycles. The van der Waals surface area contributed by atoms with Crippen LogP contribution in [0.4, 0.5) is 0 Å². The van der Waals surface area contributed by atoms with Crippen LogP contribution in [0, 0.1) is 0 Å². The van der Waals surface area contributed by atoms with Gasteiger partial charge in [-0.2, -0.15) is 0 Å². The first-order valence-electron chi connectivity index (χ1n) is 7.75. The van der Waals surface area contributed by atoms with Crippen molar-refractivity contribution in [2.75, 3.05) is 20.1 Å². The van der Waals surface area contributed by atoms with Gasteiger partial charge in [0.1, 0.15) is 0 Å². The van der Waals surface area contributed by atoms with E-state index in [0.717, 1.165) is 24.7 Å². The molecule has 1 fully saturated rings. The number of hydrogen-bond donors (Lipinski definition) is 1. The normalized spacial score (nSPS) is 14.3. The van der Waals surface area contributed by atoms with Gasteiger partial charge in [0, 0.05) is 43.6 Å². The molecule has 22 heavy (non-hydrogen) atoms. The zero-order valence-electron chi connectivity index (χ0n) is 12.9. The number of nitrogens with one attached hydrogen (secondary N) is 1. The summed E-state index contributed by atoms with van der Waals surface area (Å²) < 4.78 is 2.00. The number of rotatable bonds is 7. The van der Waals surface area contributed by atoms with E-state index in [0.29, 0.717) is 12.1 Å². The van der Waals surface area contributed by atoms with Gasteiger partial charge in [0.05, 0.1) is 6.33 Å². The first-order valence-corrected chi connectivity index (χ1v) is 7.75. The molecule has 0 radical (unpaired) electrons. The predicted octanol–water partition coefficient (Wildman–Crippen LogP) is 1.76. The maximum Gasteiger partial charge on any atom is 0.251 e. The Bertz CT molecular complexity index is 602. The van der Waals surface area contributed by atoms with Crippen LogP contribution in [0.3, 0.4) is 0 Å². The van der Waals surface area contributed by atoms with Crippen LogP contribution in [-0.4, -0.2) is 46.5 Å². The quantitative estimate of drug-likeness (QED) is 0.847. The molecule has 116 valence electrons. The number of benzene rings is 1. The maximum atomic E-state index is 12.1. The molecule has 1 N–H and O–H groups in total. The number of amides is 1. The summed E-state index contributed by atoms with van der Waals surface area (Å²) in [5.74, 6) is -0.00150. The first-order chi connectivity index (χ1) is 10.7. The van der Waals surface area contributed by atoms with Gasteiger partial charge in [-0.25, -0.2) is 4.98 Å². The molecule has 1 aromatic heterocycles. The van der Waals surface area contributed by atoms with E-state index in [-0.39, 0.29) is 5.91 Å². The Balaban J connectivity index is 1.47. The fourth-order valence-electron chi connectivity index (χ4n) is 2.50. The molecule has 5 heteroatoms. The summed E-state index contributed by atoms with van der Waals surface area (Å²) in [6.45, 7) is 2.38. The number of carbonyl (C=O) groups excluding carboxylic acids is 1. The second-order valence-corrected chi connectivity index (χ2v) is 5.90. The van der Waals surface area contributed by atoms with E-state index in [9.17, 15) is 4.79 Å². The Kier molecular flexibility index (Phi) is 4.53. The van der Waals surface area contributed by atoms with Crippen LogP contribution in [0.2, 0.25) is 0 Å². The Morgan fingerprint density at radius 3 is 2.77 bits per heavy atom. The molecule has 0 aliphatic heterocycles. The number of nitrogens with zero attached hydrogens (tertiary/aromatic N) is 3. The highest BCUT2D eigenvalue weighted by Gasteiger charge is 2.25. The van der Waals surface area contributed by atoms with Crippen LogP contribution in [0.15, 0.2) is 43.0 Å². The molecule has 0 unspecified atom stereocenters. The van der Waals surface area contributed by atoms with Crippen molar-refractivity contribution >= 4 is 5.91 Å². The van der Waals surface area contributed by atoms with E-state index >= 15 is 0 Å². The Morgan fingerprint density at radius 1 is 1.36 bits per heavy atom. The van der Waals surface area contributed by atoms with Gasteiger partial charge in [-0.1, -0.05) is 12.1 Å². The third-order valence-electron chi connectivity index (χ3n) is 4.06. The summed E-state index contributed by atoms with van der Waals surface area (Å²) in [7, 11) is 2.12. The van der Waals surface area contributed by atoms with Crippen LogP contribution < -0.4 is 5.32 Å². The predicted molar refractivity (Wildman–Crippen MR) is 85.8 cm³/mol. The summed E-state index contributed by atoms with van der Waals surface area (Å²) in [5.41, 5.74) is 1.87. The van der Waals surface area contributed by atoms with Crippen LogP contribution in [0.1, 0.15) is 28.8 Å². The molecule has 1 saturated carbocycles. The third-order valence-corrected chi connectivity index (χ3v) is 4.06. The van der Waals surface area contributed by atoms with Crippen molar-refractivity contribution in [3.05, 3.63) is 54.1 Å². The average molecular weight is 298 g/mol. The van der Waals surface area contributed by atoms with Gasteiger partial charge in [0.2, 0.25) is 0 Å². The standard InChI is InChI=1S/C17H22N4O/c1-20(16-6-7-16)10-9-19-17(22)15-4-2-14(3-5-15)12-21-11-8-18-13-21/h2-5,8,11,13,16H,6-7,9-10,12H2,1H3,(H,19,22). The van der Waals surface area contributed by atoms with Crippen molar-refractivity contribution in [2.45, 2.75) is 25.4 Å². The van der Waals surface area contributed by atoms with Crippen molar-refractivity contribution in [3.63, 3.8) is 0 Å². The minimum absolute atomic E-state index is 0.00150. The zero-order valence-corrected chi connectivity index (χ0v) is 12.9. The topological polar surface area (TPSA) is 50.2 Å². The molecule has 1 aliphatic carbocycles. The number of carbonyl (C=O) groups is 1. The smallest absolute Gasteiger partial charge is 0.251 e. The largest absolute Gasteiger partial charge is 0.351 e. The molecule has 1 aromatic carbocycles. The minimum Gasteiger partial charge on any atom is -0.351 e. The maximum absolute atomic E-state index is 12.1. The lowest BCUT2D eigenvalue weighted by Crippen LogP contribution is -2.33. The van der Waals surface area contributed by atoms with E-state index < -0.39 is 0 Å². The van der Waals surface area contributed by atoms with Crippen molar-refractivity contribution in [1.29, 1.82) is 0 Å². The van der Waals surface area contributed by atoms with Crippen LogP contribution in [0.5, 0.6) is 0 Å². The van der Waals surface area contributed by atoms with E-state index in [1.165, 1.54) is 12.8 Å². The van der Waals surface area contributed by atoms with E-state index in [2.05, 4.69) is 22.2 Å². The van der Waals surface area contributed by atoms with Gasteiger partial charge in [0.25, 0.3) is 5.91 Å². The van der Waals surface area contributed by atoms with Gasteiger partial charge in [-0.05, 0) is 37.6 Å². The molecule has 5 nitrogen and oxygen atoms in total. The van der Waals surface area contributed by atoms with Gasteiger partial charge >= 0.3 is 0 Å². The molecule has 1 amide bonds. The summed E-state index contributed by atoms with van der Waals surface area (Å²) >= 11 is 0. The molecule has 0 bridgehead atoms. The van der Waals surface area contributed by atoms with Gasteiger partial charge in [0.15, 0.2) is 0 Å². The van der Waals surface area contributed by atoms with Crippen LogP contribution >= 0.6 is 0 Å². The number of imidazole rings is 1. The lowest BCUT2D eigenvalue weighted by atomic mass is 10.1. The highest BCUT2D eigenvalue weighted by Crippen LogP contribution is 2.24. The van der Waals surface area contributed by atoms with E-state index in [1.54, 1.807) is 12.5 Å². The number of hydrogen-bond acceptors (Lipinski definition) is 3. The molecular weight excluding hydrogens is 276 g/mol. The zero-order chi connectivity index (χ0) is 15.4. The van der Waals surface area contributed by atoms with Crippen molar-refractivity contribution in [1.82, 2.24) is 19.8 Å². The summed E-state index contributed by atoms with van der Waals surface area (Å²) in [4.78, 5) is 18.4. The van der Waals surface area contributed by atoms with Crippen molar-refractivity contribution in [3.8, 4) is 0 Å². The molecule has 2 aromatic rings. The van der Waals surface area contributed by atoms with Gasteiger partial charge < -0.3 is 14.8 Å². The van der Waals surface area contributed by atoms with Gasteiger partial charge in [-0.15, -0.1) is 0 Å². The monoisotopic (exact) mass is 298 g/mol. The van der Waals surface area contributed by atoms with Crippen LogP contribution in [0.25, 0.3) is 0 Å². The van der Waals surface area contributed by atoms with Crippen molar-refractivity contribution in [2.24, 2.45) is 0 Å². The highest BCUT2D eigenvalue weighted by molar-refractivity contribution is 5.94. The fraction of sp³-hybridized carbons (Fsp3) is 0.412. The number of aromatic nitrogens is 2. The molecule has 0 spiro atoms. The Hall–Kier alpha value is -2.14. The SMILES string of the molecule is CN(CCNC(=O)c1ccc(Cn2ccnc2)cc1)C1CC1. The Morgan fingerprint density at radius 2 is 2.14 bits per heavy atom. The minimum atomic E-state index is -0.00150. The highest BCUT2D eigenvalue weighted by atomic mass is 16.1. The van der Waals surface area contributed by atoms with Crippen molar-refractivity contribution < 1.29 is 4.79 Å². The van der Waals surface area contributed by atoms with Gasteiger partial charge in [-0.3, -0.25) is 4.79 Å². The van der Waals surface area contributed by atoms with Crippen LogP contribution in [-0.2, 0) is 6.54 Å². The second kappa shape index (κ2) is 6.75. The summed E-state index contributed by atoms with van der Waals surface area (Å²) in [6, 6.07) is 8.48. The molecule has 0 atom stereocenters. The van der Waals surface area contributed by atoms with E-state index in [4.69, 9.17) is 0 Å². The fourth-order valence-corrected chi connectivity index (χ4v) is 2.50. The summed E-state index contributed by atoms with van der Waals surface area (Å²) in [6.07, 6.45) is 8.07.